The first kappa shape index (κ1) is 16.2. The first-order valence-electron chi connectivity index (χ1n) is 8.30. The summed E-state index contributed by atoms with van der Waals surface area (Å²) in [6, 6.07) is 17.0. The number of carbonyl (C=O) groups excluding carboxylic acids is 2. The van der Waals surface area contributed by atoms with Crippen molar-refractivity contribution in [3.8, 4) is 0 Å². The summed E-state index contributed by atoms with van der Waals surface area (Å²) < 4.78 is 0. The molecule has 2 amide bonds. The van der Waals surface area contributed by atoms with Crippen LogP contribution in [0.3, 0.4) is 0 Å². The minimum absolute atomic E-state index is 0.00590. The molecule has 2 aromatic carbocycles. The van der Waals surface area contributed by atoms with Crippen molar-refractivity contribution in [2.75, 3.05) is 4.90 Å². The van der Waals surface area contributed by atoms with Crippen LogP contribution in [0.5, 0.6) is 0 Å². The van der Waals surface area contributed by atoms with Gasteiger partial charge in [0.05, 0.1) is 6.04 Å². The molecule has 0 bridgehead atoms. The lowest BCUT2D eigenvalue weighted by Crippen LogP contribution is -2.45. The van der Waals surface area contributed by atoms with Crippen LogP contribution in [0.2, 0.25) is 0 Å². The van der Waals surface area contributed by atoms with E-state index in [1.54, 1.807) is 4.90 Å². The molecule has 0 saturated carbocycles. The smallest absolute Gasteiger partial charge is 0.243 e. The van der Waals surface area contributed by atoms with Gasteiger partial charge >= 0.3 is 0 Å². The molecule has 4 nitrogen and oxygen atoms in total. The number of nitrogens with zero attached hydrogens (tertiary/aromatic N) is 1. The predicted molar refractivity (Wildman–Crippen MR) is 94.7 cm³/mol. The number of amides is 2. The summed E-state index contributed by atoms with van der Waals surface area (Å²) in [7, 11) is 0. The molecule has 4 heteroatoms. The van der Waals surface area contributed by atoms with Crippen LogP contribution in [0.4, 0.5) is 5.69 Å². The molecule has 3 rings (SSSR count). The van der Waals surface area contributed by atoms with Crippen LogP contribution in [-0.4, -0.2) is 17.9 Å². The molecule has 1 saturated heterocycles. The highest BCUT2D eigenvalue weighted by Gasteiger charge is 2.37. The van der Waals surface area contributed by atoms with E-state index in [0.29, 0.717) is 12.8 Å². The largest absolute Gasteiger partial charge is 0.348 e. The lowest BCUT2D eigenvalue weighted by Gasteiger charge is -2.26. The van der Waals surface area contributed by atoms with Crippen molar-refractivity contribution in [1.82, 2.24) is 5.32 Å². The third-order valence-corrected chi connectivity index (χ3v) is 4.49. The zero-order chi connectivity index (χ0) is 17.1. The van der Waals surface area contributed by atoms with E-state index in [9.17, 15) is 9.59 Å². The number of hydrogen-bond donors (Lipinski definition) is 1. The predicted octanol–water partition coefficient (Wildman–Crippen LogP) is 3.37. The van der Waals surface area contributed by atoms with Crippen molar-refractivity contribution in [3.63, 3.8) is 0 Å². The molecule has 0 aromatic heterocycles. The third kappa shape index (κ3) is 3.32. The summed E-state index contributed by atoms with van der Waals surface area (Å²) in [5.74, 6) is -0.0934. The Balaban J connectivity index is 1.76. The molecule has 24 heavy (non-hydrogen) atoms. The first-order valence-corrected chi connectivity index (χ1v) is 8.30. The van der Waals surface area contributed by atoms with Gasteiger partial charge in [-0.2, -0.15) is 0 Å². The zero-order valence-corrected chi connectivity index (χ0v) is 14.0. The van der Waals surface area contributed by atoms with E-state index >= 15 is 0 Å². The standard InChI is InChI=1S/C20H22N2O2/c1-14-8-10-17(11-9-14)22-18(12-13-19(22)23)20(24)21-15(2)16-6-4-3-5-7-16/h3-11,15,18H,12-13H2,1-2H3,(H,21,24). The van der Waals surface area contributed by atoms with E-state index in [4.69, 9.17) is 0 Å². The molecule has 2 atom stereocenters. The second kappa shape index (κ2) is 6.87. The molecule has 0 aliphatic carbocycles. The normalized spacial score (nSPS) is 18.5. The Morgan fingerprint density at radius 3 is 2.46 bits per heavy atom. The van der Waals surface area contributed by atoms with Crippen LogP contribution < -0.4 is 10.2 Å². The van der Waals surface area contributed by atoms with Crippen LogP contribution in [0.25, 0.3) is 0 Å². The van der Waals surface area contributed by atoms with E-state index in [1.165, 1.54) is 0 Å². The van der Waals surface area contributed by atoms with Gasteiger partial charge in [-0.25, -0.2) is 0 Å². The Hall–Kier alpha value is -2.62. The zero-order valence-electron chi connectivity index (χ0n) is 14.0. The van der Waals surface area contributed by atoms with Crippen molar-refractivity contribution in [3.05, 3.63) is 65.7 Å². The second-order valence-electron chi connectivity index (χ2n) is 6.29. The Morgan fingerprint density at radius 1 is 1.12 bits per heavy atom. The van der Waals surface area contributed by atoms with Crippen molar-refractivity contribution in [1.29, 1.82) is 0 Å². The maximum atomic E-state index is 12.7. The van der Waals surface area contributed by atoms with E-state index in [1.807, 2.05) is 68.4 Å². The molecular weight excluding hydrogens is 300 g/mol. The summed E-state index contributed by atoms with van der Waals surface area (Å²) in [4.78, 5) is 26.6. The number of nitrogens with one attached hydrogen (secondary N) is 1. The van der Waals surface area contributed by atoms with Crippen LogP contribution >= 0.6 is 0 Å². The van der Waals surface area contributed by atoms with Gasteiger partial charge in [-0.3, -0.25) is 14.5 Å². The van der Waals surface area contributed by atoms with Crippen molar-refractivity contribution in [2.24, 2.45) is 0 Å². The molecule has 1 N–H and O–H groups in total. The number of rotatable bonds is 4. The fourth-order valence-electron chi connectivity index (χ4n) is 3.10. The van der Waals surface area contributed by atoms with Crippen molar-refractivity contribution in [2.45, 2.75) is 38.8 Å². The maximum Gasteiger partial charge on any atom is 0.243 e. The summed E-state index contributed by atoms with van der Waals surface area (Å²) in [5.41, 5.74) is 2.97. The monoisotopic (exact) mass is 322 g/mol. The quantitative estimate of drug-likeness (QED) is 0.938. The van der Waals surface area contributed by atoms with E-state index in [2.05, 4.69) is 5.32 Å². The number of anilines is 1. The molecule has 1 heterocycles. The van der Waals surface area contributed by atoms with Gasteiger partial charge in [0, 0.05) is 12.1 Å². The molecule has 2 unspecified atom stereocenters. The Kier molecular flexibility index (Phi) is 4.65. The summed E-state index contributed by atoms with van der Waals surface area (Å²) in [6.07, 6.45) is 0.964. The van der Waals surface area contributed by atoms with E-state index in [-0.39, 0.29) is 17.9 Å². The SMILES string of the molecule is Cc1ccc(N2C(=O)CCC2C(=O)NC(C)c2ccccc2)cc1. The topological polar surface area (TPSA) is 49.4 Å². The minimum Gasteiger partial charge on any atom is -0.348 e. The number of carbonyl (C=O) groups is 2. The van der Waals surface area contributed by atoms with Gasteiger partial charge in [-0.05, 0) is 38.0 Å². The van der Waals surface area contributed by atoms with Gasteiger partial charge in [0.2, 0.25) is 11.8 Å². The molecule has 1 aliphatic rings. The fraction of sp³-hybridized carbons (Fsp3) is 0.300. The van der Waals surface area contributed by atoms with Gasteiger partial charge in [0.25, 0.3) is 0 Å². The Morgan fingerprint density at radius 2 is 1.79 bits per heavy atom. The summed E-state index contributed by atoms with van der Waals surface area (Å²) >= 11 is 0. The van der Waals surface area contributed by atoms with Crippen LogP contribution in [-0.2, 0) is 9.59 Å². The average Bonchev–Trinajstić information content (AvgIpc) is 2.98. The molecule has 2 aromatic rings. The molecule has 1 aliphatic heterocycles. The highest BCUT2D eigenvalue weighted by atomic mass is 16.2. The number of benzene rings is 2. The third-order valence-electron chi connectivity index (χ3n) is 4.49. The fourth-order valence-corrected chi connectivity index (χ4v) is 3.10. The van der Waals surface area contributed by atoms with Gasteiger partial charge < -0.3 is 5.32 Å². The molecular formula is C20H22N2O2. The molecule has 0 spiro atoms. The van der Waals surface area contributed by atoms with E-state index in [0.717, 1.165) is 16.8 Å². The summed E-state index contributed by atoms with van der Waals surface area (Å²) in [5, 5.41) is 3.04. The van der Waals surface area contributed by atoms with Crippen LogP contribution in [0.15, 0.2) is 54.6 Å². The molecule has 0 radical (unpaired) electrons. The lowest BCUT2D eigenvalue weighted by atomic mass is 10.1. The highest BCUT2D eigenvalue weighted by Crippen LogP contribution is 2.27. The average molecular weight is 322 g/mol. The van der Waals surface area contributed by atoms with Gasteiger partial charge in [0.15, 0.2) is 0 Å². The molecule has 124 valence electrons. The maximum absolute atomic E-state index is 12.7. The van der Waals surface area contributed by atoms with Gasteiger partial charge in [0.1, 0.15) is 6.04 Å². The number of hydrogen-bond acceptors (Lipinski definition) is 2. The number of aryl methyl sites for hydroxylation is 1. The van der Waals surface area contributed by atoms with Crippen LogP contribution in [0, 0.1) is 6.92 Å². The molecule has 1 fully saturated rings. The highest BCUT2D eigenvalue weighted by molar-refractivity contribution is 6.03. The van der Waals surface area contributed by atoms with Gasteiger partial charge in [-0.1, -0.05) is 48.0 Å². The first-order chi connectivity index (χ1) is 11.6. The lowest BCUT2D eigenvalue weighted by molar-refractivity contribution is -0.124. The van der Waals surface area contributed by atoms with Crippen molar-refractivity contribution >= 4 is 17.5 Å². The summed E-state index contributed by atoms with van der Waals surface area (Å²) in [6.45, 7) is 3.96. The van der Waals surface area contributed by atoms with Crippen LogP contribution in [0.1, 0.15) is 36.9 Å². The van der Waals surface area contributed by atoms with Gasteiger partial charge in [-0.15, -0.1) is 0 Å². The minimum atomic E-state index is -0.439. The second-order valence-corrected chi connectivity index (χ2v) is 6.29. The van der Waals surface area contributed by atoms with E-state index < -0.39 is 6.04 Å². The Bertz CT molecular complexity index is 725. The Labute approximate surface area is 142 Å². The van der Waals surface area contributed by atoms with Crippen molar-refractivity contribution < 1.29 is 9.59 Å².